The van der Waals surface area contributed by atoms with Gasteiger partial charge in [0.1, 0.15) is 39.6 Å². The zero-order chi connectivity index (χ0) is 49.4. The second kappa shape index (κ2) is 35.8. The maximum Gasteiger partial charge on any atom is 0.307 e. The summed E-state index contributed by atoms with van der Waals surface area (Å²) in [4.78, 5) is 73.3. The van der Waals surface area contributed by atoms with Gasteiger partial charge in [-0.15, -0.1) is 0 Å². The quantitative estimate of drug-likeness (QED) is 0.0313. The van der Waals surface area contributed by atoms with E-state index in [0.29, 0.717) is 43.5 Å². The van der Waals surface area contributed by atoms with Crippen molar-refractivity contribution in [3.8, 4) is 0 Å². The molecule has 13 heteroatoms. The summed E-state index contributed by atoms with van der Waals surface area (Å²) in [6, 6.07) is 0. The zero-order valence-corrected chi connectivity index (χ0v) is 43.3. The molecule has 0 bridgehead atoms. The van der Waals surface area contributed by atoms with Crippen LogP contribution in [-0.4, -0.2) is 89.0 Å². The number of esters is 5. The molecule has 0 aromatic heterocycles. The summed E-state index contributed by atoms with van der Waals surface area (Å²) in [5.41, 5.74) is 0. The predicted octanol–water partition coefficient (Wildman–Crippen LogP) is 10.9. The molecule has 13 nitrogen and oxygen atoms in total. The topological polar surface area (TPSA) is 170 Å². The van der Waals surface area contributed by atoms with Gasteiger partial charge in [0.2, 0.25) is 0 Å². The minimum Gasteiger partial charge on any atom is -0.467 e. The molecule has 68 heavy (non-hydrogen) atoms. The number of hydrogen-bond donors (Lipinski definition) is 1. The average molecular weight is 962 g/mol. The van der Waals surface area contributed by atoms with E-state index in [1.807, 2.05) is 0 Å². The maximum absolute atomic E-state index is 12.6. The first-order valence-corrected chi connectivity index (χ1v) is 27.4. The van der Waals surface area contributed by atoms with Crippen LogP contribution in [0.4, 0.5) is 0 Å². The molecule has 1 unspecified atom stereocenters. The summed E-state index contributed by atoms with van der Waals surface area (Å²) in [6.07, 6.45) is 26.4. The second-order valence-corrected chi connectivity index (χ2v) is 21.7. The van der Waals surface area contributed by atoms with Crippen molar-refractivity contribution in [3.63, 3.8) is 0 Å². The molecule has 4 aliphatic carbocycles. The van der Waals surface area contributed by atoms with Crippen LogP contribution < -0.4 is 5.32 Å². The molecule has 0 amide bonds. The van der Waals surface area contributed by atoms with E-state index < -0.39 is 23.8 Å². The summed E-state index contributed by atoms with van der Waals surface area (Å²) < 4.78 is 32.2. The Morgan fingerprint density at radius 2 is 0.676 bits per heavy atom. The molecule has 0 aromatic rings. The Bertz CT molecular complexity index is 1350. The zero-order valence-electron chi connectivity index (χ0n) is 43.3. The Morgan fingerprint density at radius 3 is 0.956 bits per heavy atom. The van der Waals surface area contributed by atoms with Crippen LogP contribution in [0.5, 0.6) is 0 Å². The molecule has 4 aliphatic rings. The van der Waals surface area contributed by atoms with Crippen LogP contribution in [0.3, 0.4) is 0 Å². The van der Waals surface area contributed by atoms with Crippen LogP contribution in [0.2, 0.25) is 0 Å². The fourth-order valence-electron chi connectivity index (χ4n) is 10.2. The third-order valence-corrected chi connectivity index (χ3v) is 15.3. The fourth-order valence-corrected chi connectivity index (χ4v) is 10.2. The van der Waals surface area contributed by atoms with E-state index in [-0.39, 0.29) is 83.5 Å². The van der Waals surface area contributed by atoms with Crippen molar-refractivity contribution in [1.29, 1.82) is 0 Å². The number of ether oxygens (including phenoxy) is 6. The first kappa shape index (κ1) is 59.1. The number of hydrogen-bond acceptors (Lipinski definition) is 13. The lowest BCUT2D eigenvalue weighted by molar-refractivity contribution is -0.155. The van der Waals surface area contributed by atoms with Crippen molar-refractivity contribution >= 4 is 36.3 Å². The largest absolute Gasteiger partial charge is 0.467 e. The summed E-state index contributed by atoms with van der Waals surface area (Å²) in [5.74, 6) is 3.16. The van der Waals surface area contributed by atoms with E-state index >= 15 is 0 Å². The summed E-state index contributed by atoms with van der Waals surface area (Å²) in [7, 11) is 0. The summed E-state index contributed by atoms with van der Waals surface area (Å²) >= 11 is 0. The van der Waals surface area contributed by atoms with Gasteiger partial charge in [0.05, 0.1) is 24.7 Å². The van der Waals surface area contributed by atoms with Crippen LogP contribution in [0.25, 0.3) is 0 Å². The molecule has 1 N–H and O–H groups in total. The minimum atomic E-state index is -0.488. The van der Waals surface area contributed by atoms with Crippen LogP contribution in [-0.2, 0) is 57.2 Å². The van der Waals surface area contributed by atoms with Gasteiger partial charge in [0.15, 0.2) is 0 Å². The standard InChI is InChI=1S/C45H75NO12.C10H20/c1-33-4-10-36(11-5-33)16-19-41(48)54-27-39(26-53-32-47)28-57-44(51)22-24-46-25-23-45(52)58-31-40(29-55-42(49)20-17-37-12-6-34(2)7-13-37)30-56-43(50)21-18-38-14-8-35(3)9-15-38;1-3-4-10-7-5-9(2)6-8-10/h32-40,46H,4-31H2,1-3H3;9-10H,3-8H2,1-2H3. The number of carbonyl (C=O) groups excluding carboxylic acids is 6. The van der Waals surface area contributed by atoms with Gasteiger partial charge in [0.25, 0.3) is 6.47 Å². The van der Waals surface area contributed by atoms with Gasteiger partial charge in [0, 0.05) is 32.4 Å². The number of rotatable bonds is 30. The lowest BCUT2D eigenvalue weighted by atomic mass is 9.81. The van der Waals surface area contributed by atoms with Crippen molar-refractivity contribution in [2.24, 2.45) is 59.2 Å². The molecule has 0 saturated heterocycles. The average Bonchev–Trinajstić information content (AvgIpc) is 3.33. The Balaban J connectivity index is 0.00000108. The van der Waals surface area contributed by atoms with Crippen molar-refractivity contribution in [3.05, 3.63) is 0 Å². The Morgan fingerprint density at radius 1 is 0.412 bits per heavy atom. The molecule has 0 spiro atoms. The smallest absolute Gasteiger partial charge is 0.307 e. The van der Waals surface area contributed by atoms with Gasteiger partial charge in [-0.2, -0.15) is 0 Å². The number of carbonyl (C=O) groups is 6. The molecule has 4 rings (SSSR count). The van der Waals surface area contributed by atoms with Crippen molar-refractivity contribution in [2.75, 3.05) is 52.7 Å². The van der Waals surface area contributed by atoms with E-state index in [4.69, 9.17) is 28.4 Å². The molecule has 392 valence electrons. The molecule has 4 saturated carbocycles. The van der Waals surface area contributed by atoms with E-state index in [0.717, 1.165) is 87.4 Å². The van der Waals surface area contributed by atoms with Gasteiger partial charge in [-0.05, 0) is 66.6 Å². The molecule has 1 atom stereocenters. The third-order valence-electron chi connectivity index (χ3n) is 15.3. The SMILES string of the molecule is CC1CCC(CCC(=O)OCC(COC=O)COC(=O)CCNCCC(=O)OCC(COC(=O)CCC2CCC(C)CC2)COC(=O)CCC2CCC(C)CC2)CC1.CCCC1CCC(C)CC1. The van der Waals surface area contributed by atoms with Crippen LogP contribution >= 0.6 is 0 Å². The molecular formula is C55H95NO12. The molecule has 0 aromatic carbocycles. The van der Waals surface area contributed by atoms with Crippen molar-refractivity contribution in [2.45, 2.75) is 202 Å². The normalized spacial score (nSPS) is 25.8. The second-order valence-electron chi connectivity index (χ2n) is 21.7. The van der Waals surface area contributed by atoms with E-state index in [9.17, 15) is 28.8 Å². The summed E-state index contributed by atoms with van der Waals surface area (Å²) in [5, 5.41) is 3.03. The molecular weight excluding hydrogens is 867 g/mol. The highest BCUT2D eigenvalue weighted by Gasteiger charge is 2.24. The Kier molecular flexibility index (Phi) is 31.1. The number of nitrogens with one attached hydrogen (secondary N) is 1. The first-order chi connectivity index (χ1) is 32.8. The van der Waals surface area contributed by atoms with Gasteiger partial charge in [-0.25, -0.2) is 0 Å². The maximum atomic E-state index is 12.6. The fraction of sp³-hybridized carbons (Fsp3) is 0.891. The van der Waals surface area contributed by atoms with E-state index in [1.165, 1.54) is 77.0 Å². The lowest BCUT2D eigenvalue weighted by Gasteiger charge is -2.26. The van der Waals surface area contributed by atoms with Gasteiger partial charge < -0.3 is 33.7 Å². The van der Waals surface area contributed by atoms with Crippen LogP contribution in [0.15, 0.2) is 0 Å². The highest BCUT2D eigenvalue weighted by atomic mass is 16.6. The Labute approximate surface area is 411 Å². The summed E-state index contributed by atoms with van der Waals surface area (Å²) in [6.45, 7) is 12.1. The highest BCUT2D eigenvalue weighted by molar-refractivity contribution is 5.71. The first-order valence-electron chi connectivity index (χ1n) is 27.4. The van der Waals surface area contributed by atoms with Gasteiger partial charge >= 0.3 is 29.8 Å². The van der Waals surface area contributed by atoms with Gasteiger partial charge in [-0.3, -0.25) is 28.8 Å². The molecule has 0 heterocycles. The van der Waals surface area contributed by atoms with Crippen molar-refractivity contribution < 1.29 is 57.2 Å². The van der Waals surface area contributed by atoms with Crippen LogP contribution in [0.1, 0.15) is 202 Å². The van der Waals surface area contributed by atoms with Crippen molar-refractivity contribution in [1.82, 2.24) is 5.32 Å². The lowest BCUT2D eigenvalue weighted by Crippen LogP contribution is -2.28. The molecule has 4 fully saturated rings. The monoisotopic (exact) mass is 962 g/mol. The molecule has 0 aliphatic heterocycles. The van der Waals surface area contributed by atoms with E-state index in [2.05, 4.69) is 39.9 Å². The third kappa shape index (κ3) is 28.4. The highest BCUT2D eigenvalue weighted by Crippen LogP contribution is 2.34. The molecule has 0 radical (unpaired) electrons. The minimum absolute atomic E-state index is 0.00755. The van der Waals surface area contributed by atoms with E-state index in [1.54, 1.807) is 0 Å². The van der Waals surface area contributed by atoms with Gasteiger partial charge in [-0.1, -0.05) is 150 Å². The van der Waals surface area contributed by atoms with Crippen LogP contribution in [0, 0.1) is 59.2 Å². The Hall–Kier alpha value is -3.22. The predicted molar refractivity (Wildman–Crippen MR) is 263 cm³/mol.